The van der Waals surface area contributed by atoms with Gasteiger partial charge in [-0.2, -0.15) is 0 Å². The molecule has 19 heavy (non-hydrogen) atoms. The van der Waals surface area contributed by atoms with Crippen LogP contribution in [0.5, 0.6) is 5.88 Å². The lowest BCUT2D eigenvalue weighted by atomic mass is 10.2. The van der Waals surface area contributed by atoms with Gasteiger partial charge in [0, 0.05) is 30.9 Å². The summed E-state index contributed by atoms with van der Waals surface area (Å²) in [6.45, 7) is 9.26. The molecule has 0 radical (unpaired) electrons. The van der Waals surface area contributed by atoms with Gasteiger partial charge in [0.25, 0.3) is 0 Å². The minimum atomic E-state index is 0.470. The molecule has 0 aromatic carbocycles. The van der Waals surface area contributed by atoms with E-state index in [1.165, 1.54) is 25.9 Å². The molecule has 1 aliphatic heterocycles. The van der Waals surface area contributed by atoms with E-state index in [0.29, 0.717) is 6.04 Å². The third kappa shape index (κ3) is 4.80. The lowest BCUT2D eigenvalue weighted by molar-refractivity contribution is 0.230. The third-order valence-electron chi connectivity index (χ3n) is 3.40. The molecule has 4 nitrogen and oxygen atoms in total. The number of pyridine rings is 1. The van der Waals surface area contributed by atoms with E-state index in [0.717, 1.165) is 31.1 Å². The molecule has 1 saturated heterocycles. The van der Waals surface area contributed by atoms with E-state index >= 15 is 0 Å². The Morgan fingerprint density at radius 1 is 1.37 bits per heavy atom. The van der Waals surface area contributed by atoms with Crippen LogP contribution in [0.15, 0.2) is 18.3 Å². The fourth-order valence-electron chi connectivity index (χ4n) is 2.28. The third-order valence-corrected chi connectivity index (χ3v) is 3.40. The highest BCUT2D eigenvalue weighted by atomic mass is 16.5. The Balaban J connectivity index is 1.80. The normalized spacial score (nSPS) is 16.2. The van der Waals surface area contributed by atoms with E-state index in [1.54, 1.807) is 6.20 Å². The first-order chi connectivity index (χ1) is 9.25. The minimum absolute atomic E-state index is 0.470. The van der Waals surface area contributed by atoms with E-state index in [2.05, 4.69) is 35.1 Å². The second kappa shape index (κ2) is 7.46. The lowest BCUT2D eigenvalue weighted by Gasteiger charge is -2.16. The summed E-state index contributed by atoms with van der Waals surface area (Å²) < 4.78 is 5.84. The van der Waals surface area contributed by atoms with Crippen molar-refractivity contribution in [3.63, 3.8) is 0 Å². The zero-order valence-corrected chi connectivity index (χ0v) is 12.1. The summed E-state index contributed by atoms with van der Waals surface area (Å²) in [5, 5.41) is 3.40. The Morgan fingerprint density at radius 3 is 2.89 bits per heavy atom. The second-order valence-corrected chi connectivity index (χ2v) is 5.40. The molecule has 0 unspecified atom stereocenters. The Labute approximate surface area is 116 Å². The Bertz CT molecular complexity index is 375. The maximum atomic E-state index is 5.84. The average molecular weight is 263 g/mol. The molecule has 2 heterocycles. The smallest absolute Gasteiger partial charge is 0.217 e. The van der Waals surface area contributed by atoms with E-state index in [4.69, 9.17) is 4.74 Å². The maximum Gasteiger partial charge on any atom is 0.217 e. The molecule has 1 aromatic rings. The van der Waals surface area contributed by atoms with E-state index in [-0.39, 0.29) is 0 Å². The Morgan fingerprint density at radius 2 is 2.16 bits per heavy atom. The van der Waals surface area contributed by atoms with Gasteiger partial charge in [0.15, 0.2) is 0 Å². The number of ether oxygens (including phenoxy) is 1. The first kappa shape index (κ1) is 14.3. The number of rotatable bonds is 7. The summed E-state index contributed by atoms with van der Waals surface area (Å²) in [7, 11) is 0. The van der Waals surface area contributed by atoms with E-state index in [9.17, 15) is 0 Å². The summed E-state index contributed by atoms with van der Waals surface area (Å²) in [5.74, 6) is 0.773. The van der Waals surface area contributed by atoms with Crippen molar-refractivity contribution in [2.75, 3.05) is 26.2 Å². The van der Waals surface area contributed by atoms with Crippen LogP contribution in [0.2, 0.25) is 0 Å². The molecule has 1 N–H and O–H groups in total. The topological polar surface area (TPSA) is 37.4 Å². The number of likely N-dealkylation sites (tertiary alicyclic amines) is 1. The number of hydrogen-bond donors (Lipinski definition) is 1. The number of hydrogen-bond acceptors (Lipinski definition) is 4. The van der Waals surface area contributed by atoms with Gasteiger partial charge in [0.1, 0.15) is 6.61 Å². The van der Waals surface area contributed by atoms with Crippen molar-refractivity contribution in [3.8, 4) is 5.88 Å². The second-order valence-electron chi connectivity index (χ2n) is 5.40. The molecule has 0 aliphatic carbocycles. The highest BCUT2D eigenvalue weighted by Crippen LogP contribution is 2.14. The van der Waals surface area contributed by atoms with Crippen LogP contribution in [0.1, 0.15) is 32.3 Å². The number of nitrogens with zero attached hydrogens (tertiary/aromatic N) is 2. The summed E-state index contributed by atoms with van der Waals surface area (Å²) in [6.07, 6.45) is 4.45. The van der Waals surface area contributed by atoms with Gasteiger partial charge >= 0.3 is 0 Å². The zero-order chi connectivity index (χ0) is 13.5. The molecule has 0 bridgehead atoms. The molecule has 1 aliphatic rings. The fraction of sp³-hybridized carbons (Fsp3) is 0.667. The van der Waals surface area contributed by atoms with Crippen LogP contribution in [0.4, 0.5) is 0 Å². The van der Waals surface area contributed by atoms with Crippen molar-refractivity contribution in [3.05, 3.63) is 23.9 Å². The Kier molecular flexibility index (Phi) is 5.61. The van der Waals surface area contributed by atoms with Gasteiger partial charge < -0.3 is 10.1 Å². The number of aromatic nitrogens is 1. The molecule has 1 aromatic heterocycles. The summed E-state index contributed by atoms with van der Waals surface area (Å²) in [4.78, 5) is 6.79. The largest absolute Gasteiger partial charge is 0.476 e. The van der Waals surface area contributed by atoms with Crippen molar-refractivity contribution in [2.45, 2.75) is 39.3 Å². The van der Waals surface area contributed by atoms with Crippen LogP contribution in [-0.2, 0) is 6.54 Å². The van der Waals surface area contributed by atoms with Gasteiger partial charge in [-0.05, 0) is 32.0 Å². The predicted molar refractivity (Wildman–Crippen MR) is 77.4 cm³/mol. The van der Waals surface area contributed by atoms with Gasteiger partial charge in [-0.25, -0.2) is 4.98 Å². The van der Waals surface area contributed by atoms with Gasteiger partial charge in [0.2, 0.25) is 5.88 Å². The quantitative estimate of drug-likeness (QED) is 0.817. The highest BCUT2D eigenvalue weighted by Gasteiger charge is 2.11. The Hall–Kier alpha value is -1.13. The van der Waals surface area contributed by atoms with E-state index in [1.807, 2.05) is 6.07 Å². The first-order valence-corrected chi connectivity index (χ1v) is 7.28. The molecule has 1 fully saturated rings. The molecule has 0 amide bonds. The standard InChI is InChI=1S/C15H25N3O/c1-13(2)17-12-14-6-5-7-16-15(14)19-11-10-18-8-3-4-9-18/h5-7,13,17H,3-4,8-12H2,1-2H3. The molecule has 0 spiro atoms. The predicted octanol–water partition coefficient (Wildman–Crippen LogP) is 2.05. The number of nitrogens with one attached hydrogen (secondary N) is 1. The summed E-state index contributed by atoms with van der Waals surface area (Å²) >= 11 is 0. The van der Waals surface area contributed by atoms with Crippen LogP contribution in [0.25, 0.3) is 0 Å². The molecule has 2 rings (SSSR count). The molecule has 4 heteroatoms. The molecule has 0 saturated carbocycles. The van der Waals surface area contributed by atoms with Crippen molar-refractivity contribution < 1.29 is 4.74 Å². The van der Waals surface area contributed by atoms with Crippen molar-refractivity contribution in [2.24, 2.45) is 0 Å². The van der Waals surface area contributed by atoms with Crippen LogP contribution < -0.4 is 10.1 Å². The van der Waals surface area contributed by atoms with Crippen molar-refractivity contribution in [1.82, 2.24) is 15.2 Å². The first-order valence-electron chi connectivity index (χ1n) is 7.28. The summed E-state index contributed by atoms with van der Waals surface area (Å²) in [5.41, 5.74) is 1.14. The molecule has 0 atom stereocenters. The summed E-state index contributed by atoms with van der Waals surface area (Å²) in [6, 6.07) is 4.51. The van der Waals surface area contributed by atoms with Crippen molar-refractivity contribution >= 4 is 0 Å². The van der Waals surface area contributed by atoms with Crippen LogP contribution in [-0.4, -0.2) is 42.2 Å². The molecule has 106 valence electrons. The van der Waals surface area contributed by atoms with Gasteiger partial charge in [-0.3, -0.25) is 4.90 Å². The average Bonchev–Trinajstić information content (AvgIpc) is 2.91. The SMILES string of the molecule is CC(C)NCc1cccnc1OCCN1CCCC1. The molecular weight excluding hydrogens is 238 g/mol. The zero-order valence-electron chi connectivity index (χ0n) is 12.1. The highest BCUT2D eigenvalue weighted by molar-refractivity contribution is 5.25. The van der Waals surface area contributed by atoms with Crippen LogP contribution in [0, 0.1) is 0 Å². The molecular formula is C15H25N3O. The van der Waals surface area contributed by atoms with Gasteiger partial charge in [-0.1, -0.05) is 19.9 Å². The minimum Gasteiger partial charge on any atom is -0.476 e. The van der Waals surface area contributed by atoms with Crippen molar-refractivity contribution in [1.29, 1.82) is 0 Å². The van der Waals surface area contributed by atoms with E-state index < -0.39 is 0 Å². The van der Waals surface area contributed by atoms with Crippen LogP contribution >= 0.6 is 0 Å². The van der Waals surface area contributed by atoms with Gasteiger partial charge in [0.05, 0.1) is 0 Å². The van der Waals surface area contributed by atoms with Gasteiger partial charge in [-0.15, -0.1) is 0 Å². The maximum absolute atomic E-state index is 5.84. The monoisotopic (exact) mass is 263 g/mol. The fourth-order valence-corrected chi connectivity index (χ4v) is 2.28. The van der Waals surface area contributed by atoms with Crippen LogP contribution in [0.3, 0.4) is 0 Å². The lowest BCUT2D eigenvalue weighted by Crippen LogP contribution is -2.26.